The fourth-order valence-corrected chi connectivity index (χ4v) is 2.09. The highest BCUT2D eigenvalue weighted by Crippen LogP contribution is 2.24. The van der Waals surface area contributed by atoms with E-state index in [9.17, 15) is 9.90 Å². The lowest BCUT2D eigenvalue weighted by molar-refractivity contribution is 0.0240. The molecule has 1 N–H and O–H groups in total. The Labute approximate surface area is 116 Å². The number of ketones is 1. The number of allylic oxidation sites excluding steroid dienone is 1. The Balaban J connectivity index is 2.94. The zero-order valence-corrected chi connectivity index (χ0v) is 12.2. The molecule has 104 valence electrons. The number of rotatable bonds is 7. The maximum atomic E-state index is 12.4. The van der Waals surface area contributed by atoms with E-state index in [-0.39, 0.29) is 5.78 Å². The third kappa shape index (κ3) is 3.77. The SMILES string of the molecule is C=C(C)c1ccc(C(=O)C(O)(CC)CCCC)cc1. The van der Waals surface area contributed by atoms with Crippen molar-refractivity contribution in [2.75, 3.05) is 0 Å². The van der Waals surface area contributed by atoms with Gasteiger partial charge in [-0.1, -0.05) is 63.1 Å². The number of aliphatic hydroxyl groups is 1. The molecule has 0 amide bonds. The number of benzene rings is 1. The molecule has 1 rings (SSSR count). The molecule has 0 fully saturated rings. The molecule has 0 bridgehead atoms. The average molecular weight is 260 g/mol. The van der Waals surface area contributed by atoms with Gasteiger partial charge in [0, 0.05) is 5.56 Å². The summed E-state index contributed by atoms with van der Waals surface area (Å²) in [6.45, 7) is 9.72. The van der Waals surface area contributed by atoms with Crippen LogP contribution in [0.1, 0.15) is 62.4 Å². The fraction of sp³-hybridized carbons (Fsp3) is 0.471. The average Bonchev–Trinajstić information content (AvgIpc) is 2.44. The summed E-state index contributed by atoms with van der Waals surface area (Å²) in [5.74, 6) is -0.170. The van der Waals surface area contributed by atoms with Gasteiger partial charge in [-0.2, -0.15) is 0 Å². The van der Waals surface area contributed by atoms with Gasteiger partial charge >= 0.3 is 0 Å². The fourth-order valence-electron chi connectivity index (χ4n) is 2.09. The summed E-state index contributed by atoms with van der Waals surface area (Å²) < 4.78 is 0. The highest BCUT2D eigenvalue weighted by atomic mass is 16.3. The minimum absolute atomic E-state index is 0.170. The Hall–Kier alpha value is -1.41. The Morgan fingerprint density at radius 1 is 1.21 bits per heavy atom. The lowest BCUT2D eigenvalue weighted by Crippen LogP contribution is -2.38. The van der Waals surface area contributed by atoms with Crippen LogP contribution in [0.4, 0.5) is 0 Å². The maximum absolute atomic E-state index is 12.4. The van der Waals surface area contributed by atoms with Crippen molar-refractivity contribution >= 4 is 11.4 Å². The third-order valence-corrected chi connectivity index (χ3v) is 3.59. The Kier molecular flexibility index (Phi) is 5.49. The van der Waals surface area contributed by atoms with Crippen molar-refractivity contribution in [3.63, 3.8) is 0 Å². The molecule has 0 saturated carbocycles. The van der Waals surface area contributed by atoms with E-state index in [1.807, 2.05) is 26.0 Å². The largest absolute Gasteiger partial charge is 0.382 e. The number of hydrogen-bond acceptors (Lipinski definition) is 2. The number of carbonyl (C=O) groups is 1. The first-order valence-electron chi connectivity index (χ1n) is 6.97. The summed E-state index contributed by atoms with van der Waals surface area (Å²) >= 11 is 0. The third-order valence-electron chi connectivity index (χ3n) is 3.59. The van der Waals surface area contributed by atoms with Gasteiger partial charge in [0.2, 0.25) is 0 Å². The van der Waals surface area contributed by atoms with Crippen molar-refractivity contribution in [2.45, 2.75) is 52.1 Å². The van der Waals surface area contributed by atoms with Crippen molar-refractivity contribution in [3.05, 3.63) is 42.0 Å². The van der Waals surface area contributed by atoms with Crippen LogP contribution in [0.25, 0.3) is 5.57 Å². The first-order chi connectivity index (χ1) is 8.94. The predicted molar refractivity (Wildman–Crippen MR) is 80.2 cm³/mol. The van der Waals surface area contributed by atoms with Crippen LogP contribution in [-0.4, -0.2) is 16.5 Å². The summed E-state index contributed by atoms with van der Waals surface area (Å²) in [4.78, 5) is 12.4. The highest BCUT2D eigenvalue weighted by Gasteiger charge is 2.33. The summed E-state index contributed by atoms with van der Waals surface area (Å²) in [5.41, 5.74) is 1.34. The number of hydrogen-bond donors (Lipinski definition) is 1. The minimum Gasteiger partial charge on any atom is -0.382 e. The molecule has 0 saturated heterocycles. The predicted octanol–water partition coefficient (Wildman–Crippen LogP) is 4.23. The molecular formula is C17H24O2. The Morgan fingerprint density at radius 2 is 1.74 bits per heavy atom. The van der Waals surface area contributed by atoms with E-state index in [4.69, 9.17) is 0 Å². The lowest BCUT2D eigenvalue weighted by atomic mass is 9.85. The smallest absolute Gasteiger partial charge is 0.194 e. The number of unbranched alkanes of at least 4 members (excludes halogenated alkanes) is 1. The van der Waals surface area contributed by atoms with Crippen molar-refractivity contribution in [3.8, 4) is 0 Å². The van der Waals surface area contributed by atoms with E-state index in [1.54, 1.807) is 12.1 Å². The second-order valence-electron chi connectivity index (χ2n) is 5.18. The van der Waals surface area contributed by atoms with Gasteiger partial charge in [-0.25, -0.2) is 0 Å². The van der Waals surface area contributed by atoms with Gasteiger partial charge in [-0.05, 0) is 25.3 Å². The number of Topliss-reactive ketones (excluding diaryl/α,β-unsaturated/α-hetero) is 1. The molecule has 0 aliphatic carbocycles. The van der Waals surface area contributed by atoms with Gasteiger partial charge in [0.25, 0.3) is 0 Å². The van der Waals surface area contributed by atoms with Crippen LogP contribution < -0.4 is 0 Å². The Bertz CT molecular complexity index is 445. The van der Waals surface area contributed by atoms with Crippen LogP contribution in [0, 0.1) is 0 Å². The van der Waals surface area contributed by atoms with Crippen molar-refractivity contribution < 1.29 is 9.90 Å². The summed E-state index contributed by atoms with van der Waals surface area (Å²) in [5, 5.41) is 10.5. The van der Waals surface area contributed by atoms with Crippen LogP contribution in [0.15, 0.2) is 30.8 Å². The molecule has 1 unspecified atom stereocenters. The van der Waals surface area contributed by atoms with Gasteiger partial charge in [-0.3, -0.25) is 4.79 Å². The first-order valence-corrected chi connectivity index (χ1v) is 6.97. The second-order valence-corrected chi connectivity index (χ2v) is 5.18. The molecule has 0 aliphatic heterocycles. The first kappa shape index (κ1) is 15.6. The molecule has 0 radical (unpaired) electrons. The van der Waals surface area contributed by atoms with E-state index in [0.29, 0.717) is 18.4 Å². The molecular weight excluding hydrogens is 236 g/mol. The van der Waals surface area contributed by atoms with Gasteiger partial charge in [0.1, 0.15) is 5.60 Å². The van der Waals surface area contributed by atoms with Gasteiger partial charge in [0.05, 0.1) is 0 Å². The molecule has 0 aliphatic rings. The van der Waals surface area contributed by atoms with Crippen LogP contribution in [-0.2, 0) is 0 Å². The van der Waals surface area contributed by atoms with Gasteiger partial charge in [-0.15, -0.1) is 0 Å². The molecule has 0 spiro atoms. The summed E-state index contributed by atoms with van der Waals surface area (Å²) in [6.07, 6.45) is 2.82. The maximum Gasteiger partial charge on any atom is 0.194 e. The van der Waals surface area contributed by atoms with E-state index in [1.165, 1.54) is 0 Å². The molecule has 0 aromatic heterocycles. The normalized spacial score (nSPS) is 13.9. The minimum atomic E-state index is -1.22. The van der Waals surface area contributed by atoms with E-state index >= 15 is 0 Å². The molecule has 19 heavy (non-hydrogen) atoms. The monoisotopic (exact) mass is 260 g/mol. The summed E-state index contributed by atoms with van der Waals surface area (Å²) in [6, 6.07) is 7.31. The van der Waals surface area contributed by atoms with Gasteiger partial charge in [0.15, 0.2) is 5.78 Å². The Morgan fingerprint density at radius 3 is 2.16 bits per heavy atom. The summed E-state index contributed by atoms with van der Waals surface area (Å²) in [7, 11) is 0. The molecule has 0 heterocycles. The van der Waals surface area contributed by atoms with E-state index < -0.39 is 5.60 Å². The lowest BCUT2D eigenvalue weighted by Gasteiger charge is -2.25. The van der Waals surface area contributed by atoms with Crippen LogP contribution >= 0.6 is 0 Å². The van der Waals surface area contributed by atoms with E-state index in [2.05, 4.69) is 13.5 Å². The molecule has 1 atom stereocenters. The molecule has 2 nitrogen and oxygen atoms in total. The second kappa shape index (κ2) is 6.67. The van der Waals surface area contributed by atoms with Gasteiger partial charge < -0.3 is 5.11 Å². The van der Waals surface area contributed by atoms with Crippen molar-refractivity contribution in [1.29, 1.82) is 0 Å². The molecule has 1 aromatic rings. The zero-order valence-electron chi connectivity index (χ0n) is 12.2. The van der Waals surface area contributed by atoms with Crippen LogP contribution in [0.2, 0.25) is 0 Å². The zero-order chi connectivity index (χ0) is 14.5. The highest BCUT2D eigenvalue weighted by molar-refractivity contribution is 6.02. The standard InChI is InChI=1S/C17H24O2/c1-5-7-12-17(19,6-2)16(18)15-10-8-14(9-11-15)13(3)4/h8-11,19H,3,5-7,12H2,1-2,4H3. The van der Waals surface area contributed by atoms with Crippen LogP contribution in [0.5, 0.6) is 0 Å². The van der Waals surface area contributed by atoms with Crippen molar-refractivity contribution in [1.82, 2.24) is 0 Å². The molecule has 2 heteroatoms. The quantitative estimate of drug-likeness (QED) is 0.745. The topological polar surface area (TPSA) is 37.3 Å². The number of carbonyl (C=O) groups excluding carboxylic acids is 1. The van der Waals surface area contributed by atoms with Crippen LogP contribution in [0.3, 0.4) is 0 Å². The molecule has 1 aromatic carbocycles. The van der Waals surface area contributed by atoms with Crippen molar-refractivity contribution in [2.24, 2.45) is 0 Å². The van der Waals surface area contributed by atoms with E-state index in [0.717, 1.165) is 24.0 Å².